The lowest BCUT2D eigenvalue weighted by atomic mass is 10.1. The average Bonchev–Trinajstić information content (AvgIpc) is 2.93. The molecule has 0 aliphatic rings. The highest BCUT2D eigenvalue weighted by molar-refractivity contribution is 5.42. The van der Waals surface area contributed by atoms with E-state index in [1.54, 1.807) is 6.07 Å². The molecule has 1 heterocycles. The molecule has 0 amide bonds. The molecule has 0 radical (unpaired) electrons. The van der Waals surface area contributed by atoms with Crippen molar-refractivity contribution < 1.29 is 4.39 Å². The number of halogens is 1. The van der Waals surface area contributed by atoms with Crippen molar-refractivity contribution in [2.75, 3.05) is 6.54 Å². The minimum absolute atomic E-state index is 0.0182. The standard InChI is InChI=1S/C14H16FN5/c1-3-6-17-10(2)12-7-11(15)4-5-13(12)20-9-18-14(8-16)19-20/h4-5,7,9-10,17H,3,6H2,1-2H3. The molecule has 2 rings (SSSR count). The van der Waals surface area contributed by atoms with E-state index in [-0.39, 0.29) is 17.7 Å². The van der Waals surface area contributed by atoms with Crippen molar-refractivity contribution in [3.8, 4) is 11.8 Å². The molecule has 1 unspecified atom stereocenters. The van der Waals surface area contributed by atoms with Crippen LogP contribution in [0.2, 0.25) is 0 Å². The molecule has 1 aromatic carbocycles. The van der Waals surface area contributed by atoms with Gasteiger partial charge < -0.3 is 5.32 Å². The minimum Gasteiger partial charge on any atom is -0.310 e. The molecule has 0 bridgehead atoms. The highest BCUT2D eigenvalue weighted by Gasteiger charge is 2.14. The molecule has 20 heavy (non-hydrogen) atoms. The molecule has 0 aliphatic carbocycles. The highest BCUT2D eigenvalue weighted by atomic mass is 19.1. The topological polar surface area (TPSA) is 66.5 Å². The lowest BCUT2D eigenvalue weighted by molar-refractivity contribution is 0.558. The van der Waals surface area contributed by atoms with Gasteiger partial charge in [0.15, 0.2) is 0 Å². The molecule has 1 N–H and O–H groups in total. The molecule has 0 saturated heterocycles. The average molecular weight is 273 g/mol. The summed E-state index contributed by atoms with van der Waals surface area (Å²) in [6, 6.07) is 6.36. The van der Waals surface area contributed by atoms with Crippen LogP contribution in [0.3, 0.4) is 0 Å². The van der Waals surface area contributed by atoms with E-state index >= 15 is 0 Å². The predicted octanol–water partition coefficient (Wildman–Crippen LogP) is 2.34. The first kappa shape index (κ1) is 14.2. The van der Waals surface area contributed by atoms with E-state index in [9.17, 15) is 4.39 Å². The van der Waals surface area contributed by atoms with E-state index in [1.807, 2.05) is 13.0 Å². The van der Waals surface area contributed by atoms with Gasteiger partial charge in [-0.15, -0.1) is 5.10 Å². The fourth-order valence-electron chi connectivity index (χ4n) is 1.98. The second-order valence-corrected chi connectivity index (χ2v) is 4.50. The number of hydrogen-bond acceptors (Lipinski definition) is 4. The van der Waals surface area contributed by atoms with Gasteiger partial charge in [-0.1, -0.05) is 6.92 Å². The molecule has 0 saturated carbocycles. The van der Waals surface area contributed by atoms with Crippen LogP contribution in [-0.4, -0.2) is 21.3 Å². The Morgan fingerprint density at radius 1 is 1.50 bits per heavy atom. The van der Waals surface area contributed by atoms with Crippen LogP contribution in [0, 0.1) is 17.1 Å². The number of hydrogen-bond donors (Lipinski definition) is 1. The molecule has 5 nitrogen and oxygen atoms in total. The maximum Gasteiger partial charge on any atom is 0.252 e. The van der Waals surface area contributed by atoms with Crippen LogP contribution >= 0.6 is 0 Å². The first-order chi connectivity index (χ1) is 9.65. The maximum absolute atomic E-state index is 13.5. The number of nitrogens with zero attached hydrogens (tertiary/aromatic N) is 4. The quantitative estimate of drug-likeness (QED) is 0.908. The Kier molecular flexibility index (Phi) is 4.43. The zero-order valence-corrected chi connectivity index (χ0v) is 11.5. The second-order valence-electron chi connectivity index (χ2n) is 4.50. The molecule has 6 heteroatoms. The number of nitrogens with one attached hydrogen (secondary N) is 1. The second kappa shape index (κ2) is 6.26. The molecule has 104 valence electrons. The van der Waals surface area contributed by atoms with E-state index in [0.717, 1.165) is 24.2 Å². The van der Waals surface area contributed by atoms with Crippen LogP contribution in [0.1, 0.15) is 37.7 Å². The Morgan fingerprint density at radius 2 is 2.30 bits per heavy atom. The van der Waals surface area contributed by atoms with Crippen LogP contribution in [0.4, 0.5) is 4.39 Å². The van der Waals surface area contributed by atoms with Crippen molar-refractivity contribution in [2.45, 2.75) is 26.3 Å². The Labute approximate surface area is 117 Å². The van der Waals surface area contributed by atoms with E-state index < -0.39 is 0 Å². The summed E-state index contributed by atoms with van der Waals surface area (Å²) >= 11 is 0. The Balaban J connectivity index is 2.39. The van der Waals surface area contributed by atoms with Crippen molar-refractivity contribution in [3.05, 3.63) is 41.7 Å². The summed E-state index contributed by atoms with van der Waals surface area (Å²) < 4.78 is 15.0. The van der Waals surface area contributed by atoms with Crippen molar-refractivity contribution in [3.63, 3.8) is 0 Å². The van der Waals surface area contributed by atoms with Gasteiger partial charge in [-0.05, 0) is 43.7 Å². The molecule has 0 fully saturated rings. The van der Waals surface area contributed by atoms with Gasteiger partial charge in [-0.25, -0.2) is 14.1 Å². The third-order valence-corrected chi connectivity index (χ3v) is 3.00. The van der Waals surface area contributed by atoms with Gasteiger partial charge in [0.25, 0.3) is 5.82 Å². The first-order valence-electron chi connectivity index (χ1n) is 6.50. The van der Waals surface area contributed by atoms with Gasteiger partial charge in [0.2, 0.25) is 0 Å². The van der Waals surface area contributed by atoms with E-state index in [2.05, 4.69) is 22.3 Å². The van der Waals surface area contributed by atoms with E-state index in [0.29, 0.717) is 0 Å². The van der Waals surface area contributed by atoms with Gasteiger partial charge in [-0.3, -0.25) is 0 Å². The smallest absolute Gasteiger partial charge is 0.252 e. The summed E-state index contributed by atoms with van der Waals surface area (Å²) in [7, 11) is 0. The summed E-state index contributed by atoms with van der Waals surface area (Å²) in [5.74, 6) is -0.205. The fraction of sp³-hybridized carbons (Fsp3) is 0.357. The van der Waals surface area contributed by atoms with Gasteiger partial charge in [0.1, 0.15) is 18.2 Å². The largest absolute Gasteiger partial charge is 0.310 e. The Morgan fingerprint density at radius 3 is 2.95 bits per heavy atom. The van der Waals surface area contributed by atoms with Gasteiger partial charge in [0, 0.05) is 6.04 Å². The van der Waals surface area contributed by atoms with E-state index in [4.69, 9.17) is 5.26 Å². The van der Waals surface area contributed by atoms with Crippen LogP contribution in [0.25, 0.3) is 5.69 Å². The van der Waals surface area contributed by atoms with Crippen LogP contribution in [0.15, 0.2) is 24.5 Å². The lowest BCUT2D eigenvalue weighted by Crippen LogP contribution is -2.21. The summed E-state index contributed by atoms with van der Waals surface area (Å²) in [5.41, 5.74) is 1.50. The van der Waals surface area contributed by atoms with Crippen LogP contribution < -0.4 is 5.32 Å². The maximum atomic E-state index is 13.5. The number of rotatable bonds is 5. The monoisotopic (exact) mass is 273 g/mol. The third-order valence-electron chi connectivity index (χ3n) is 3.00. The first-order valence-corrected chi connectivity index (χ1v) is 6.50. The number of benzene rings is 1. The lowest BCUT2D eigenvalue weighted by Gasteiger charge is -2.17. The molecule has 1 atom stereocenters. The van der Waals surface area contributed by atoms with Crippen molar-refractivity contribution in [1.29, 1.82) is 5.26 Å². The molecular weight excluding hydrogens is 257 g/mol. The molecule has 0 spiro atoms. The molecule has 1 aromatic heterocycles. The predicted molar refractivity (Wildman–Crippen MR) is 72.7 cm³/mol. The summed E-state index contributed by atoms with van der Waals surface area (Å²) in [6.45, 7) is 4.89. The van der Waals surface area contributed by atoms with Crippen molar-refractivity contribution in [2.24, 2.45) is 0 Å². The summed E-state index contributed by atoms with van der Waals surface area (Å²) in [5, 5.41) is 16.1. The third kappa shape index (κ3) is 3.00. The fourth-order valence-corrected chi connectivity index (χ4v) is 1.98. The molecular formula is C14H16FN5. The summed E-state index contributed by atoms with van der Waals surface area (Å²) in [4.78, 5) is 3.87. The van der Waals surface area contributed by atoms with Gasteiger partial charge in [-0.2, -0.15) is 5.26 Å². The zero-order chi connectivity index (χ0) is 14.5. The zero-order valence-electron chi connectivity index (χ0n) is 11.5. The Bertz CT molecular complexity index is 629. The van der Waals surface area contributed by atoms with Crippen molar-refractivity contribution in [1.82, 2.24) is 20.1 Å². The van der Waals surface area contributed by atoms with E-state index in [1.165, 1.54) is 23.1 Å². The number of nitriles is 1. The minimum atomic E-state index is -0.297. The Hall–Kier alpha value is -2.26. The molecule has 0 aliphatic heterocycles. The normalized spacial score (nSPS) is 12.1. The van der Waals surface area contributed by atoms with Crippen LogP contribution in [-0.2, 0) is 0 Å². The van der Waals surface area contributed by atoms with Crippen molar-refractivity contribution >= 4 is 0 Å². The van der Waals surface area contributed by atoms with Crippen LogP contribution in [0.5, 0.6) is 0 Å². The summed E-state index contributed by atoms with van der Waals surface area (Å²) in [6.07, 6.45) is 2.46. The number of aromatic nitrogens is 3. The van der Waals surface area contributed by atoms with Gasteiger partial charge in [0.05, 0.1) is 5.69 Å². The SMILES string of the molecule is CCCNC(C)c1cc(F)ccc1-n1cnc(C#N)n1. The molecule has 2 aromatic rings. The van der Waals surface area contributed by atoms with Gasteiger partial charge >= 0.3 is 0 Å². The highest BCUT2D eigenvalue weighted by Crippen LogP contribution is 2.22.